The lowest BCUT2D eigenvalue weighted by molar-refractivity contribution is 1.23. The molecular weight excluding hydrogens is 184 g/mol. The van der Waals surface area contributed by atoms with Gasteiger partial charge < -0.3 is 0 Å². The topological polar surface area (TPSA) is 36.1 Å². The number of hydrogen-bond acceptors (Lipinski definition) is 2. The number of rotatable bonds is 3. The highest BCUT2D eigenvalue weighted by Crippen LogP contribution is 1.97. The van der Waals surface area contributed by atoms with Crippen LogP contribution >= 0.6 is 0 Å². The SMILES string of the molecule is C=CC/C=C(\C)N=C(C)C#N.CC.CC. The molecule has 0 atom stereocenters. The van der Waals surface area contributed by atoms with Crippen LogP contribution in [0.15, 0.2) is 29.4 Å². The smallest absolute Gasteiger partial charge is 0.115 e. The standard InChI is InChI=1S/C9H12N2.2C2H6/c1-4-5-6-8(2)11-9(3)7-10;2*1-2/h4,6H,1,5H2,2-3H3;2*1-2H3/b8-6+,11-9?;;. The number of nitriles is 1. The van der Waals surface area contributed by atoms with E-state index in [1.54, 1.807) is 13.0 Å². The summed E-state index contributed by atoms with van der Waals surface area (Å²) in [5.74, 6) is 0. The van der Waals surface area contributed by atoms with Crippen molar-refractivity contribution in [2.75, 3.05) is 0 Å². The van der Waals surface area contributed by atoms with Crippen molar-refractivity contribution in [3.05, 3.63) is 24.4 Å². The minimum atomic E-state index is 0.489. The van der Waals surface area contributed by atoms with E-state index in [9.17, 15) is 0 Å². The zero-order valence-corrected chi connectivity index (χ0v) is 11.0. The van der Waals surface area contributed by atoms with E-state index in [0.29, 0.717) is 5.71 Å². The van der Waals surface area contributed by atoms with Crippen molar-refractivity contribution in [1.29, 1.82) is 5.26 Å². The van der Waals surface area contributed by atoms with Crippen molar-refractivity contribution in [2.45, 2.75) is 48.0 Å². The quantitative estimate of drug-likeness (QED) is 0.496. The molecule has 0 saturated heterocycles. The second kappa shape index (κ2) is 18.4. The largest absolute Gasteiger partial charge is 0.248 e. The summed E-state index contributed by atoms with van der Waals surface area (Å²) in [4.78, 5) is 4.00. The Balaban J connectivity index is -0.000000318. The van der Waals surface area contributed by atoms with Gasteiger partial charge in [-0.2, -0.15) is 5.26 Å². The highest BCUT2D eigenvalue weighted by atomic mass is 14.7. The molecule has 2 nitrogen and oxygen atoms in total. The molecule has 0 spiro atoms. The highest BCUT2D eigenvalue weighted by Gasteiger charge is 1.85. The van der Waals surface area contributed by atoms with E-state index >= 15 is 0 Å². The summed E-state index contributed by atoms with van der Waals surface area (Å²) in [5, 5.41) is 8.38. The van der Waals surface area contributed by atoms with Gasteiger partial charge >= 0.3 is 0 Å². The van der Waals surface area contributed by atoms with Gasteiger partial charge in [-0.1, -0.05) is 39.8 Å². The molecule has 15 heavy (non-hydrogen) atoms. The van der Waals surface area contributed by atoms with E-state index in [1.807, 2.05) is 46.8 Å². The molecule has 0 aliphatic carbocycles. The van der Waals surface area contributed by atoms with Gasteiger partial charge in [0.2, 0.25) is 0 Å². The first-order chi connectivity index (χ1) is 7.20. The molecule has 0 radical (unpaired) electrons. The van der Waals surface area contributed by atoms with Crippen LogP contribution in [-0.4, -0.2) is 5.71 Å². The monoisotopic (exact) mass is 208 g/mol. The van der Waals surface area contributed by atoms with Gasteiger partial charge in [0.1, 0.15) is 11.8 Å². The number of nitrogens with zero attached hydrogens (tertiary/aromatic N) is 2. The van der Waals surface area contributed by atoms with Gasteiger partial charge in [0.15, 0.2) is 0 Å². The van der Waals surface area contributed by atoms with E-state index in [-0.39, 0.29) is 0 Å². The Bertz CT molecular complexity index is 229. The van der Waals surface area contributed by atoms with E-state index < -0.39 is 0 Å². The van der Waals surface area contributed by atoms with E-state index in [1.165, 1.54) is 0 Å². The zero-order valence-electron chi connectivity index (χ0n) is 11.0. The van der Waals surface area contributed by atoms with Crippen LogP contribution in [0, 0.1) is 11.3 Å². The highest BCUT2D eigenvalue weighted by molar-refractivity contribution is 5.96. The lowest BCUT2D eigenvalue weighted by Gasteiger charge is -1.89. The Kier molecular flexibility index (Phi) is 23.7. The average Bonchev–Trinajstić information content (AvgIpc) is 2.31. The maximum absolute atomic E-state index is 8.38. The molecule has 0 aromatic carbocycles. The maximum Gasteiger partial charge on any atom is 0.115 e. The summed E-state index contributed by atoms with van der Waals surface area (Å²) in [6.45, 7) is 15.1. The molecule has 86 valence electrons. The second-order valence-electron chi connectivity index (χ2n) is 2.18. The summed E-state index contributed by atoms with van der Waals surface area (Å²) in [6.07, 6.45) is 4.52. The van der Waals surface area contributed by atoms with Gasteiger partial charge in [-0.05, 0) is 20.3 Å². The molecule has 0 aromatic rings. The summed E-state index contributed by atoms with van der Waals surface area (Å²) >= 11 is 0. The van der Waals surface area contributed by atoms with Crippen LogP contribution < -0.4 is 0 Å². The van der Waals surface area contributed by atoms with Crippen molar-refractivity contribution in [3.8, 4) is 6.07 Å². The number of aliphatic imine (C=N–C) groups is 1. The molecule has 0 rings (SSSR count). The summed E-state index contributed by atoms with van der Waals surface area (Å²) in [5.41, 5.74) is 1.35. The third-order valence-corrected chi connectivity index (χ3v) is 1.09. The Morgan fingerprint density at radius 3 is 2.07 bits per heavy atom. The summed E-state index contributed by atoms with van der Waals surface area (Å²) in [6, 6.07) is 1.96. The Hall–Kier alpha value is -1.36. The Morgan fingerprint density at radius 2 is 1.73 bits per heavy atom. The van der Waals surface area contributed by atoms with Crippen molar-refractivity contribution < 1.29 is 0 Å². The van der Waals surface area contributed by atoms with Crippen molar-refractivity contribution in [2.24, 2.45) is 4.99 Å². The molecule has 0 heterocycles. The lowest BCUT2D eigenvalue weighted by atomic mass is 10.3. The van der Waals surface area contributed by atoms with Gasteiger partial charge in [-0.25, -0.2) is 4.99 Å². The lowest BCUT2D eigenvalue weighted by Crippen LogP contribution is -1.84. The van der Waals surface area contributed by atoms with Crippen molar-refractivity contribution >= 4 is 5.71 Å². The van der Waals surface area contributed by atoms with Gasteiger partial charge in [-0.15, -0.1) is 6.58 Å². The molecule has 2 heteroatoms. The predicted octanol–water partition coefficient (Wildman–Crippen LogP) is 4.50. The fourth-order valence-corrected chi connectivity index (χ4v) is 0.589. The molecule has 0 aliphatic rings. The first kappa shape index (κ1) is 19.2. The molecule has 0 N–H and O–H groups in total. The third kappa shape index (κ3) is 19.2. The summed E-state index contributed by atoms with van der Waals surface area (Å²) < 4.78 is 0. The molecule has 0 aliphatic heterocycles. The van der Waals surface area contributed by atoms with E-state index in [4.69, 9.17) is 5.26 Å². The van der Waals surface area contributed by atoms with Crippen LogP contribution in [0.5, 0.6) is 0 Å². The van der Waals surface area contributed by atoms with Crippen LogP contribution in [0.2, 0.25) is 0 Å². The molecular formula is C13H24N2. The molecule has 0 aromatic heterocycles. The van der Waals surface area contributed by atoms with Gasteiger partial charge in [0.05, 0.1) is 0 Å². The Labute approximate surface area is 95.0 Å². The molecule has 0 unspecified atom stereocenters. The van der Waals surface area contributed by atoms with Gasteiger partial charge in [-0.3, -0.25) is 0 Å². The summed E-state index contributed by atoms with van der Waals surface area (Å²) in [7, 11) is 0. The Morgan fingerprint density at radius 1 is 1.27 bits per heavy atom. The average molecular weight is 208 g/mol. The van der Waals surface area contributed by atoms with Crippen LogP contribution in [0.4, 0.5) is 0 Å². The van der Waals surface area contributed by atoms with E-state index in [2.05, 4.69) is 11.6 Å². The second-order valence-corrected chi connectivity index (χ2v) is 2.18. The minimum absolute atomic E-state index is 0.489. The third-order valence-electron chi connectivity index (χ3n) is 1.09. The normalized spacial score (nSPS) is 9.93. The zero-order chi connectivity index (χ0) is 12.7. The first-order valence-electron chi connectivity index (χ1n) is 5.43. The fraction of sp³-hybridized carbons (Fsp3) is 0.538. The van der Waals surface area contributed by atoms with E-state index in [0.717, 1.165) is 12.1 Å². The van der Waals surface area contributed by atoms with Crippen LogP contribution in [0.25, 0.3) is 0 Å². The predicted molar refractivity (Wildman–Crippen MR) is 70.0 cm³/mol. The molecule has 0 fully saturated rings. The van der Waals surface area contributed by atoms with Crippen molar-refractivity contribution in [3.63, 3.8) is 0 Å². The van der Waals surface area contributed by atoms with Gasteiger partial charge in [0.25, 0.3) is 0 Å². The number of allylic oxidation sites excluding steroid dienone is 3. The molecule has 0 amide bonds. The molecule has 0 saturated carbocycles. The van der Waals surface area contributed by atoms with Gasteiger partial charge in [0, 0.05) is 5.70 Å². The van der Waals surface area contributed by atoms with Crippen LogP contribution in [0.1, 0.15) is 48.0 Å². The number of hydrogen-bond donors (Lipinski definition) is 0. The van der Waals surface area contributed by atoms with Crippen LogP contribution in [0.3, 0.4) is 0 Å². The maximum atomic E-state index is 8.38. The minimum Gasteiger partial charge on any atom is -0.248 e. The first-order valence-corrected chi connectivity index (χ1v) is 5.43. The molecule has 0 bridgehead atoms. The van der Waals surface area contributed by atoms with Crippen LogP contribution in [-0.2, 0) is 0 Å². The fourth-order valence-electron chi connectivity index (χ4n) is 0.589. The van der Waals surface area contributed by atoms with Crippen molar-refractivity contribution in [1.82, 2.24) is 0 Å².